The van der Waals surface area contributed by atoms with E-state index in [2.05, 4.69) is 5.32 Å². The molecule has 0 atom stereocenters. The number of benzene rings is 2. The summed E-state index contributed by atoms with van der Waals surface area (Å²) in [4.78, 5) is 23.7. The van der Waals surface area contributed by atoms with Crippen molar-refractivity contribution in [3.05, 3.63) is 53.6 Å². The maximum absolute atomic E-state index is 12.5. The van der Waals surface area contributed by atoms with Gasteiger partial charge in [-0.15, -0.1) is 0 Å². The Morgan fingerprint density at radius 1 is 1.00 bits per heavy atom. The molecule has 6 nitrogen and oxygen atoms in total. The number of anilines is 1. The van der Waals surface area contributed by atoms with Crippen LogP contribution in [0.15, 0.2) is 42.5 Å². The van der Waals surface area contributed by atoms with Crippen molar-refractivity contribution in [3.63, 3.8) is 0 Å². The summed E-state index contributed by atoms with van der Waals surface area (Å²) in [5.41, 5.74) is -0.0189. The first-order valence-electron chi connectivity index (χ1n) is 8.32. The summed E-state index contributed by atoms with van der Waals surface area (Å²) in [7, 11) is 0. The van der Waals surface area contributed by atoms with Crippen molar-refractivity contribution in [1.29, 1.82) is 0 Å². The number of esters is 1. The monoisotopic (exact) mass is 395 g/mol. The Kier molecular flexibility index (Phi) is 5.72. The molecule has 1 aliphatic heterocycles. The molecular weight excluding hydrogens is 379 g/mol. The minimum absolute atomic E-state index is 0.0653. The first-order valence-corrected chi connectivity index (χ1v) is 8.32. The molecule has 0 spiro atoms. The number of halogens is 3. The number of rotatable bonds is 5. The second-order valence-electron chi connectivity index (χ2n) is 5.94. The highest BCUT2D eigenvalue weighted by molar-refractivity contribution is 5.92. The minimum atomic E-state index is -4.45. The largest absolute Gasteiger partial charge is 0.486 e. The molecule has 1 N–H and O–H groups in total. The Hall–Kier alpha value is -3.23. The summed E-state index contributed by atoms with van der Waals surface area (Å²) in [6.45, 7) is 0.331. The van der Waals surface area contributed by atoms with Gasteiger partial charge in [0.2, 0.25) is 0 Å². The smallest absolute Gasteiger partial charge is 0.416 e. The zero-order valence-electron chi connectivity index (χ0n) is 14.5. The van der Waals surface area contributed by atoms with Crippen LogP contribution in [0.1, 0.15) is 11.1 Å². The molecular formula is C19H16F3NO5. The molecule has 0 saturated carbocycles. The number of ether oxygens (including phenoxy) is 3. The average Bonchev–Trinajstić information content (AvgIpc) is 2.66. The SMILES string of the molecule is O=C(COC(=O)Cc1ccc2c(c1)OCCO2)Nc1ccc(C(F)(F)F)cc1. The van der Waals surface area contributed by atoms with E-state index in [0.717, 1.165) is 24.3 Å². The number of carbonyl (C=O) groups is 2. The number of carbonyl (C=O) groups excluding carboxylic acids is 2. The zero-order chi connectivity index (χ0) is 20.1. The van der Waals surface area contributed by atoms with E-state index in [4.69, 9.17) is 14.2 Å². The molecule has 9 heteroatoms. The molecule has 0 radical (unpaired) electrons. The Balaban J connectivity index is 1.47. The summed E-state index contributed by atoms with van der Waals surface area (Å²) in [5, 5.41) is 2.36. The van der Waals surface area contributed by atoms with Crippen LogP contribution in [0.25, 0.3) is 0 Å². The van der Waals surface area contributed by atoms with E-state index in [9.17, 15) is 22.8 Å². The lowest BCUT2D eigenvalue weighted by Gasteiger charge is -2.18. The van der Waals surface area contributed by atoms with Gasteiger partial charge in [0.1, 0.15) is 13.2 Å². The molecule has 3 rings (SSSR count). The van der Waals surface area contributed by atoms with Crippen LogP contribution in [0.3, 0.4) is 0 Å². The van der Waals surface area contributed by atoms with Gasteiger partial charge in [0.15, 0.2) is 18.1 Å². The van der Waals surface area contributed by atoms with Gasteiger partial charge in [0, 0.05) is 5.69 Å². The van der Waals surface area contributed by atoms with Gasteiger partial charge in [-0.25, -0.2) is 0 Å². The fourth-order valence-corrected chi connectivity index (χ4v) is 2.50. The molecule has 1 amide bonds. The lowest BCUT2D eigenvalue weighted by atomic mass is 10.1. The molecule has 2 aromatic rings. The van der Waals surface area contributed by atoms with Gasteiger partial charge in [0.25, 0.3) is 5.91 Å². The number of hydrogen-bond acceptors (Lipinski definition) is 5. The minimum Gasteiger partial charge on any atom is -0.486 e. The molecule has 2 aromatic carbocycles. The summed E-state index contributed by atoms with van der Waals surface area (Å²) >= 11 is 0. The van der Waals surface area contributed by atoms with Crippen LogP contribution in [-0.4, -0.2) is 31.7 Å². The highest BCUT2D eigenvalue weighted by Gasteiger charge is 2.30. The van der Waals surface area contributed by atoms with Crippen molar-refractivity contribution in [2.45, 2.75) is 12.6 Å². The van der Waals surface area contributed by atoms with Crippen molar-refractivity contribution in [3.8, 4) is 11.5 Å². The van der Waals surface area contributed by atoms with Crippen molar-refractivity contribution < 1.29 is 37.0 Å². The number of fused-ring (bicyclic) bond motifs is 1. The molecule has 0 fully saturated rings. The van der Waals surface area contributed by atoms with Gasteiger partial charge in [-0.1, -0.05) is 6.07 Å². The average molecular weight is 395 g/mol. The number of amides is 1. The summed E-state index contributed by atoms with van der Waals surface area (Å²) < 4.78 is 53.2. The van der Waals surface area contributed by atoms with Crippen LogP contribution in [0.4, 0.5) is 18.9 Å². The Morgan fingerprint density at radius 3 is 2.36 bits per heavy atom. The Labute approximate surface area is 158 Å². The summed E-state index contributed by atoms with van der Waals surface area (Å²) in [6.07, 6.45) is -4.52. The van der Waals surface area contributed by atoms with Crippen LogP contribution in [0.5, 0.6) is 11.5 Å². The van der Waals surface area contributed by atoms with Gasteiger partial charge in [0.05, 0.1) is 12.0 Å². The number of hydrogen-bond donors (Lipinski definition) is 1. The number of alkyl halides is 3. The van der Waals surface area contributed by atoms with E-state index in [-0.39, 0.29) is 12.1 Å². The Morgan fingerprint density at radius 2 is 1.68 bits per heavy atom. The van der Waals surface area contributed by atoms with Crippen molar-refractivity contribution in [1.82, 2.24) is 0 Å². The summed E-state index contributed by atoms with van der Waals surface area (Å²) in [6, 6.07) is 8.99. The molecule has 0 aromatic heterocycles. The second-order valence-corrected chi connectivity index (χ2v) is 5.94. The van der Waals surface area contributed by atoms with E-state index < -0.39 is 30.2 Å². The van der Waals surface area contributed by atoms with E-state index >= 15 is 0 Å². The van der Waals surface area contributed by atoms with Crippen LogP contribution in [-0.2, 0) is 26.9 Å². The predicted octanol–water partition coefficient (Wildman–Crippen LogP) is 3.20. The van der Waals surface area contributed by atoms with Gasteiger partial charge < -0.3 is 19.5 Å². The fourth-order valence-electron chi connectivity index (χ4n) is 2.50. The van der Waals surface area contributed by atoms with Crippen LogP contribution >= 0.6 is 0 Å². The molecule has 148 valence electrons. The number of nitrogens with one attached hydrogen (secondary N) is 1. The van der Waals surface area contributed by atoms with Gasteiger partial charge in [-0.2, -0.15) is 13.2 Å². The highest BCUT2D eigenvalue weighted by Crippen LogP contribution is 2.31. The van der Waals surface area contributed by atoms with Crippen LogP contribution in [0.2, 0.25) is 0 Å². The first kappa shape index (κ1) is 19.5. The third kappa shape index (κ3) is 5.15. The molecule has 0 aliphatic carbocycles. The van der Waals surface area contributed by atoms with Gasteiger partial charge in [-0.3, -0.25) is 9.59 Å². The van der Waals surface area contributed by atoms with E-state index in [1.165, 1.54) is 0 Å². The molecule has 1 aliphatic rings. The lowest BCUT2D eigenvalue weighted by Crippen LogP contribution is -2.21. The van der Waals surface area contributed by atoms with E-state index in [1.807, 2.05) is 0 Å². The van der Waals surface area contributed by atoms with Crippen LogP contribution in [0, 0.1) is 0 Å². The molecule has 1 heterocycles. The van der Waals surface area contributed by atoms with Crippen LogP contribution < -0.4 is 14.8 Å². The highest BCUT2D eigenvalue weighted by atomic mass is 19.4. The van der Waals surface area contributed by atoms with Gasteiger partial charge >= 0.3 is 12.1 Å². The molecule has 0 bridgehead atoms. The van der Waals surface area contributed by atoms with E-state index in [1.54, 1.807) is 18.2 Å². The molecule has 28 heavy (non-hydrogen) atoms. The predicted molar refractivity (Wildman–Crippen MR) is 92.2 cm³/mol. The fraction of sp³-hybridized carbons (Fsp3) is 0.263. The maximum Gasteiger partial charge on any atom is 0.416 e. The maximum atomic E-state index is 12.5. The van der Waals surface area contributed by atoms with Crippen molar-refractivity contribution in [2.75, 3.05) is 25.1 Å². The quantitative estimate of drug-likeness (QED) is 0.787. The first-order chi connectivity index (χ1) is 13.3. The Bertz CT molecular complexity index is 865. The lowest BCUT2D eigenvalue weighted by molar-refractivity contribution is -0.146. The summed E-state index contributed by atoms with van der Waals surface area (Å²) in [5.74, 6) is -0.148. The molecule has 0 saturated heterocycles. The standard InChI is InChI=1S/C19H16F3NO5/c20-19(21,22)13-2-4-14(5-3-13)23-17(24)11-28-18(25)10-12-1-6-15-16(9-12)27-8-7-26-15/h1-6,9H,7-8,10-11H2,(H,23,24). The third-order valence-electron chi connectivity index (χ3n) is 3.82. The topological polar surface area (TPSA) is 73.9 Å². The molecule has 0 unspecified atom stereocenters. The van der Waals surface area contributed by atoms with Crippen molar-refractivity contribution >= 4 is 17.6 Å². The third-order valence-corrected chi connectivity index (χ3v) is 3.82. The normalized spacial score (nSPS) is 13.0. The zero-order valence-corrected chi connectivity index (χ0v) is 14.5. The van der Waals surface area contributed by atoms with Crippen molar-refractivity contribution in [2.24, 2.45) is 0 Å². The van der Waals surface area contributed by atoms with Gasteiger partial charge in [-0.05, 0) is 42.0 Å². The second kappa shape index (κ2) is 8.20. The van der Waals surface area contributed by atoms with E-state index in [0.29, 0.717) is 30.3 Å².